The van der Waals surface area contributed by atoms with E-state index in [4.69, 9.17) is 4.84 Å². The van der Waals surface area contributed by atoms with Crippen LogP contribution in [0.25, 0.3) is 0 Å². The van der Waals surface area contributed by atoms with Crippen LogP contribution in [0, 0.1) is 28.6 Å². The first kappa shape index (κ1) is 19.0. The molecule has 3 saturated carbocycles. The van der Waals surface area contributed by atoms with E-state index in [1.54, 1.807) is 0 Å². The van der Waals surface area contributed by atoms with Gasteiger partial charge in [-0.25, -0.2) is 0 Å². The van der Waals surface area contributed by atoms with Crippen LogP contribution in [-0.4, -0.2) is 43.3 Å². The van der Waals surface area contributed by atoms with Gasteiger partial charge in [-0.3, -0.25) is 4.79 Å². The summed E-state index contributed by atoms with van der Waals surface area (Å²) in [5, 5.41) is 11.9. The number of carbonyl (C=O) groups is 1. The van der Waals surface area contributed by atoms with Gasteiger partial charge < -0.3 is 15.5 Å². The van der Waals surface area contributed by atoms with E-state index in [1.807, 2.05) is 0 Å². The maximum atomic E-state index is 12.6. The lowest BCUT2D eigenvalue weighted by atomic mass is 9.52. The second-order valence-corrected chi connectivity index (χ2v) is 10.7. The van der Waals surface area contributed by atoms with Crippen molar-refractivity contribution in [3.05, 3.63) is 0 Å². The molecule has 0 spiro atoms. The lowest BCUT2D eigenvalue weighted by molar-refractivity contribution is -0.130. The number of hydrogen-bond acceptors (Lipinski definition) is 5. The van der Waals surface area contributed by atoms with E-state index in [0.717, 1.165) is 58.2 Å². The molecule has 0 bridgehead atoms. The maximum Gasteiger partial charge on any atom is 0.141 e. The number of Topliss-reactive ketones (excluding diaryl/α,β-unsaturated/α-hetero) is 1. The number of hydrogen-bond donors (Lipinski definition) is 2. The lowest BCUT2D eigenvalue weighted by Crippen LogP contribution is -2.56. The minimum atomic E-state index is -0.0607. The number of fused-ring (bicyclic) bond motifs is 5. The average molecular weight is 388 g/mol. The van der Waals surface area contributed by atoms with Gasteiger partial charge in [0, 0.05) is 30.8 Å². The summed E-state index contributed by atoms with van der Waals surface area (Å²) >= 11 is 0. The van der Waals surface area contributed by atoms with Gasteiger partial charge in [0.05, 0.1) is 5.71 Å². The first-order chi connectivity index (χ1) is 13.5. The Bertz CT molecular complexity index is 658. The molecule has 2 heterocycles. The van der Waals surface area contributed by atoms with Gasteiger partial charge in [-0.15, -0.1) is 0 Å². The molecule has 0 amide bonds. The molecule has 5 nitrogen and oxygen atoms in total. The molecule has 5 aliphatic rings. The van der Waals surface area contributed by atoms with Crippen LogP contribution in [0.15, 0.2) is 5.16 Å². The normalized spacial score (nSPS) is 50.0. The highest BCUT2D eigenvalue weighted by Gasteiger charge is 2.59. The number of rotatable bonds is 2. The summed E-state index contributed by atoms with van der Waals surface area (Å²) in [6, 6.07) is 0.527. The van der Waals surface area contributed by atoms with Crippen LogP contribution in [0.5, 0.6) is 0 Å². The number of nitrogens with zero attached hydrogens (tertiary/aromatic N) is 1. The van der Waals surface area contributed by atoms with E-state index in [1.165, 1.54) is 25.0 Å². The van der Waals surface area contributed by atoms with Gasteiger partial charge in [0.15, 0.2) is 0 Å². The van der Waals surface area contributed by atoms with E-state index < -0.39 is 0 Å². The van der Waals surface area contributed by atoms with Gasteiger partial charge in [0.1, 0.15) is 11.9 Å². The number of oxime groups is 1. The Morgan fingerprint density at radius 1 is 1.04 bits per heavy atom. The zero-order valence-electron chi connectivity index (χ0n) is 17.6. The van der Waals surface area contributed by atoms with Gasteiger partial charge >= 0.3 is 0 Å². The highest BCUT2D eigenvalue weighted by molar-refractivity contribution is 5.87. The van der Waals surface area contributed by atoms with Crippen molar-refractivity contribution >= 4 is 11.5 Å². The van der Waals surface area contributed by atoms with Crippen molar-refractivity contribution in [2.24, 2.45) is 33.7 Å². The van der Waals surface area contributed by atoms with Crippen molar-refractivity contribution in [2.45, 2.75) is 83.8 Å². The molecule has 156 valence electrons. The molecule has 0 aromatic rings. The molecular weight excluding hydrogens is 350 g/mol. The Kier molecular flexibility index (Phi) is 4.82. The predicted octanol–water partition coefficient (Wildman–Crippen LogP) is 3.28. The Labute approximate surface area is 169 Å². The molecule has 0 aromatic heterocycles. The molecule has 0 aromatic carbocycles. The highest BCUT2D eigenvalue weighted by atomic mass is 16.6. The van der Waals surface area contributed by atoms with Gasteiger partial charge in [-0.2, -0.15) is 0 Å². The summed E-state index contributed by atoms with van der Waals surface area (Å²) in [5.74, 6) is 2.46. The Morgan fingerprint density at radius 2 is 1.93 bits per heavy atom. The smallest absolute Gasteiger partial charge is 0.141 e. The summed E-state index contributed by atoms with van der Waals surface area (Å²) < 4.78 is 0. The minimum absolute atomic E-state index is 0.0607. The third kappa shape index (κ3) is 2.96. The van der Waals surface area contributed by atoms with Crippen LogP contribution in [0.1, 0.15) is 71.6 Å². The van der Waals surface area contributed by atoms with Crippen molar-refractivity contribution in [3.63, 3.8) is 0 Å². The largest absolute Gasteiger partial charge is 0.391 e. The number of ketones is 1. The van der Waals surface area contributed by atoms with E-state index >= 15 is 0 Å². The molecule has 1 unspecified atom stereocenters. The first-order valence-corrected chi connectivity index (χ1v) is 11.7. The minimum Gasteiger partial charge on any atom is -0.391 e. The van der Waals surface area contributed by atoms with E-state index in [0.29, 0.717) is 35.0 Å². The van der Waals surface area contributed by atoms with Crippen LogP contribution < -0.4 is 10.6 Å². The van der Waals surface area contributed by atoms with Crippen LogP contribution in [0.3, 0.4) is 0 Å². The SMILES string of the molecule is C[C@]12CC/C(=N\O[C@@H]3CCNC3)CC1CCN[C@@H]1[C@@H]2CC[C@]2(C)C(=O)CC[C@@H]12. The summed E-state index contributed by atoms with van der Waals surface area (Å²) in [4.78, 5) is 18.5. The Morgan fingerprint density at radius 3 is 2.75 bits per heavy atom. The Balaban J connectivity index is 1.33. The van der Waals surface area contributed by atoms with E-state index in [2.05, 4.69) is 29.6 Å². The van der Waals surface area contributed by atoms with Crippen molar-refractivity contribution in [1.82, 2.24) is 10.6 Å². The van der Waals surface area contributed by atoms with Gasteiger partial charge in [-0.05, 0) is 81.2 Å². The topological polar surface area (TPSA) is 62.7 Å². The standard InChI is InChI=1S/C23H37N3O2/c1-22-9-5-16(26-28-17-8-11-24-14-17)13-15(22)7-12-25-21-18-3-4-20(27)23(18,2)10-6-19(21)22/h15,17-19,21,24-25H,3-14H2,1-2H3/b26-16+/t15?,17-,18+,19+,21+,22+,23+/m1/s1. The average Bonchev–Trinajstić information content (AvgIpc) is 3.27. The zero-order chi connectivity index (χ0) is 19.4. The number of carbonyl (C=O) groups excluding carboxylic acids is 1. The summed E-state index contributed by atoms with van der Waals surface area (Å²) in [7, 11) is 0. The molecule has 0 radical (unpaired) electrons. The predicted molar refractivity (Wildman–Crippen MR) is 110 cm³/mol. The molecule has 5 rings (SSSR count). The van der Waals surface area contributed by atoms with Crippen LogP contribution in [-0.2, 0) is 9.63 Å². The maximum absolute atomic E-state index is 12.6. The summed E-state index contributed by atoms with van der Waals surface area (Å²) in [6.45, 7) is 7.89. The van der Waals surface area contributed by atoms with Crippen molar-refractivity contribution in [3.8, 4) is 0 Å². The molecule has 2 aliphatic heterocycles. The van der Waals surface area contributed by atoms with Crippen LogP contribution in [0.2, 0.25) is 0 Å². The van der Waals surface area contributed by atoms with Gasteiger partial charge in [0.2, 0.25) is 0 Å². The Hall–Kier alpha value is -0.940. The molecule has 7 atom stereocenters. The van der Waals surface area contributed by atoms with Crippen LogP contribution >= 0.6 is 0 Å². The van der Waals surface area contributed by atoms with Crippen molar-refractivity contribution in [1.29, 1.82) is 0 Å². The third-order valence-electron chi connectivity index (χ3n) is 9.41. The molecule has 5 heteroatoms. The molecule has 28 heavy (non-hydrogen) atoms. The second kappa shape index (κ2) is 7.09. The monoisotopic (exact) mass is 387 g/mol. The van der Waals surface area contributed by atoms with E-state index in [-0.39, 0.29) is 11.5 Å². The van der Waals surface area contributed by atoms with Gasteiger partial charge in [-0.1, -0.05) is 19.0 Å². The van der Waals surface area contributed by atoms with E-state index in [9.17, 15) is 4.79 Å². The molecule has 2 saturated heterocycles. The fourth-order valence-corrected chi connectivity index (χ4v) is 7.47. The van der Waals surface area contributed by atoms with Crippen molar-refractivity contribution < 1.29 is 9.63 Å². The van der Waals surface area contributed by atoms with Crippen LogP contribution in [0.4, 0.5) is 0 Å². The zero-order valence-corrected chi connectivity index (χ0v) is 17.6. The summed E-state index contributed by atoms with van der Waals surface area (Å²) in [5.41, 5.74) is 1.59. The second-order valence-electron chi connectivity index (χ2n) is 10.7. The molecule has 3 aliphatic carbocycles. The highest BCUT2D eigenvalue weighted by Crippen LogP contribution is 2.59. The van der Waals surface area contributed by atoms with Gasteiger partial charge in [0.25, 0.3) is 0 Å². The molecular formula is C23H37N3O2. The fraction of sp³-hybridized carbons (Fsp3) is 0.913. The molecule has 2 N–H and O–H groups in total. The quantitative estimate of drug-likeness (QED) is 0.714. The fourth-order valence-electron chi connectivity index (χ4n) is 7.47. The molecule has 5 fully saturated rings. The number of nitrogens with one attached hydrogen (secondary N) is 2. The van der Waals surface area contributed by atoms with Crippen molar-refractivity contribution in [2.75, 3.05) is 19.6 Å². The third-order valence-corrected chi connectivity index (χ3v) is 9.41. The first-order valence-electron chi connectivity index (χ1n) is 11.7. The lowest BCUT2D eigenvalue weighted by Gasteiger charge is -2.54. The summed E-state index contributed by atoms with van der Waals surface area (Å²) in [6.07, 6.45) is 10.2.